The maximum Gasteiger partial charge on any atom is 0.408 e. The van der Waals surface area contributed by atoms with Crippen molar-refractivity contribution in [3.8, 4) is 0 Å². The number of alkyl carbamates (subject to hydrolysis) is 1. The van der Waals surface area contributed by atoms with Gasteiger partial charge in [0.2, 0.25) is 0 Å². The van der Waals surface area contributed by atoms with Crippen molar-refractivity contribution in [3.05, 3.63) is 24.3 Å². The maximum absolute atomic E-state index is 11.9. The summed E-state index contributed by atoms with van der Waals surface area (Å²) in [6.45, 7) is 15.0. The van der Waals surface area contributed by atoms with Crippen LogP contribution in [-0.4, -0.2) is 30.3 Å². The van der Waals surface area contributed by atoms with Gasteiger partial charge in [0.25, 0.3) is 0 Å². The van der Waals surface area contributed by atoms with Crippen LogP contribution in [0.25, 0.3) is 0 Å². The molecule has 0 aliphatic rings. The minimum absolute atomic E-state index is 0.0989. The van der Waals surface area contributed by atoms with E-state index < -0.39 is 11.7 Å². The third kappa shape index (κ3) is 8.49. The molecule has 1 amide bonds. The third-order valence-corrected chi connectivity index (χ3v) is 2.68. The number of esters is 1. The number of amides is 1. The number of ether oxygens (including phenoxy) is 2. The Hall–Kier alpha value is -1.78. The van der Waals surface area contributed by atoms with E-state index in [1.54, 1.807) is 39.8 Å². The van der Waals surface area contributed by atoms with Gasteiger partial charge in [-0.25, -0.2) is 9.59 Å². The number of carbonyl (C=O) groups excluding carboxylic acids is 2. The van der Waals surface area contributed by atoms with E-state index in [0.717, 1.165) is 0 Å². The van der Waals surface area contributed by atoms with Gasteiger partial charge in [-0.3, -0.25) is 0 Å². The van der Waals surface area contributed by atoms with E-state index >= 15 is 0 Å². The Morgan fingerprint density at radius 2 is 1.86 bits per heavy atom. The predicted octanol–water partition coefficient (Wildman–Crippen LogP) is 3.60. The molecule has 0 radical (unpaired) electrons. The van der Waals surface area contributed by atoms with Crippen molar-refractivity contribution in [2.24, 2.45) is 5.92 Å². The maximum atomic E-state index is 11.9. The number of allylic oxidation sites excluding steroid dienone is 1. The Morgan fingerprint density at radius 3 is 2.27 bits per heavy atom. The van der Waals surface area contributed by atoms with Gasteiger partial charge in [0.15, 0.2) is 0 Å². The van der Waals surface area contributed by atoms with Crippen LogP contribution in [0.2, 0.25) is 0 Å². The van der Waals surface area contributed by atoms with E-state index in [1.165, 1.54) is 0 Å². The molecule has 5 nitrogen and oxygen atoms in total. The molecule has 0 spiro atoms. The SMILES string of the molecule is C=CC/C(=C\[C@@H](NC(=O)OC(C)(C)C)C(C)C)C(=O)OCC. The van der Waals surface area contributed by atoms with Gasteiger partial charge >= 0.3 is 12.1 Å². The van der Waals surface area contributed by atoms with Gasteiger partial charge in [0, 0.05) is 5.57 Å². The highest BCUT2D eigenvalue weighted by atomic mass is 16.6. The molecule has 0 saturated heterocycles. The van der Waals surface area contributed by atoms with E-state index in [4.69, 9.17) is 9.47 Å². The molecule has 0 aliphatic carbocycles. The zero-order valence-corrected chi connectivity index (χ0v) is 14.6. The average Bonchev–Trinajstić information content (AvgIpc) is 2.34. The van der Waals surface area contributed by atoms with Crippen molar-refractivity contribution < 1.29 is 19.1 Å². The molecule has 0 unspecified atom stereocenters. The summed E-state index contributed by atoms with van der Waals surface area (Å²) in [5.41, 5.74) is -0.0907. The second-order valence-electron chi connectivity index (χ2n) is 6.32. The fraction of sp³-hybridized carbons (Fsp3) is 0.647. The molecule has 0 saturated carbocycles. The summed E-state index contributed by atoms with van der Waals surface area (Å²) >= 11 is 0. The average molecular weight is 311 g/mol. The standard InChI is InChI=1S/C17H29NO4/c1-8-10-13(15(19)21-9-2)11-14(12(3)4)18-16(20)22-17(5,6)7/h8,11-12,14H,1,9-10H2,2-7H3,(H,18,20)/b13-11+/t14-/m1/s1. The van der Waals surface area contributed by atoms with Gasteiger partial charge < -0.3 is 14.8 Å². The first-order valence-electron chi connectivity index (χ1n) is 7.59. The molecule has 0 aromatic carbocycles. The van der Waals surface area contributed by atoms with E-state index in [1.807, 2.05) is 13.8 Å². The number of hydrogen-bond donors (Lipinski definition) is 1. The Balaban J connectivity index is 5.12. The lowest BCUT2D eigenvalue weighted by Crippen LogP contribution is -2.41. The largest absolute Gasteiger partial charge is 0.463 e. The Morgan fingerprint density at radius 1 is 1.27 bits per heavy atom. The summed E-state index contributed by atoms with van der Waals surface area (Å²) < 4.78 is 10.3. The van der Waals surface area contributed by atoms with Gasteiger partial charge in [-0.2, -0.15) is 0 Å². The molecular weight excluding hydrogens is 282 g/mol. The predicted molar refractivity (Wildman–Crippen MR) is 87.5 cm³/mol. The van der Waals surface area contributed by atoms with Crippen LogP contribution >= 0.6 is 0 Å². The lowest BCUT2D eigenvalue weighted by Gasteiger charge is -2.24. The lowest BCUT2D eigenvalue weighted by atomic mass is 10.00. The van der Waals surface area contributed by atoms with Crippen LogP contribution in [0.1, 0.15) is 48.0 Å². The number of rotatable bonds is 7. The van der Waals surface area contributed by atoms with Gasteiger partial charge in [0.1, 0.15) is 5.60 Å². The van der Waals surface area contributed by atoms with Crippen molar-refractivity contribution in [2.75, 3.05) is 6.61 Å². The Labute approximate surface area is 133 Å². The quantitative estimate of drug-likeness (QED) is 0.443. The van der Waals surface area contributed by atoms with E-state index in [9.17, 15) is 9.59 Å². The molecule has 1 atom stereocenters. The highest BCUT2D eigenvalue weighted by molar-refractivity contribution is 5.89. The van der Waals surface area contributed by atoms with Crippen molar-refractivity contribution in [1.82, 2.24) is 5.32 Å². The van der Waals surface area contributed by atoms with Crippen molar-refractivity contribution in [1.29, 1.82) is 0 Å². The summed E-state index contributed by atoms with van der Waals surface area (Å²) in [5.74, 6) is -0.291. The number of carbonyl (C=O) groups is 2. The fourth-order valence-corrected chi connectivity index (χ4v) is 1.66. The number of nitrogens with one attached hydrogen (secondary N) is 1. The van der Waals surface area contributed by atoms with Crippen LogP contribution < -0.4 is 5.32 Å². The molecule has 0 fully saturated rings. The summed E-state index contributed by atoms with van der Waals surface area (Å²) in [4.78, 5) is 23.8. The first-order valence-corrected chi connectivity index (χ1v) is 7.59. The minimum Gasteiger partial charge on any atom is -0.463 e. The molecule has 0 bridgehead atoms. The fourth-order valence-electron chi connectivity index (χ4n) is 1.66. The van der Waals surface area contributed by atoms with Crippen LogP contribution in [0.15, 0.2) is 24.3 Å². The molecule has 22 heavy (non-hydrogen) atoms. The second kappa shape index (κ2) is 9.28. The van der Waals surface area contributed by atoms with Gasteiger partial charge in [0.05, 0.1) is 12.6 Å². The van der Waals surface area contributed by atoms with Crippen LogP contribution in [-0.2, 0) is 14.3 Å². The molecular formula is C17H29NO4. The van der Waals surface area contributed by atoms with Crippen LogP contribution in [0.4, 0.5) is 4.79 Å². The summed E-state index contributed by atoms with van der Waals surface area (Å²) in [5, 5.41) is 2.78. The molecule has 0 aromatic rings. The summed E-state index contributed by atoms with van der Waals surface area (Å²) in [7, 11) is 0. The van der Waals surface area contributed by atoms with Crippen LogP contribution in [0, 0.1) is 5.92 Å². The van der Waals surface area contributed by atoms with E-state index in [2.05, 4.69) is 11.9 Å². The molecule has 5 heteroatoms. The van der Waals surface area contributed by atoms with Crippen molar-refractivity contribution >= 4 is 12.1 Å². The van der Waals surface area contributed by atoms with Crippen molar-refractivity contribution in [2.45, 2.75) is 59.6 Å². The normalized spacial score (nSPS) is 13.5. The zero-order valence-electron chi connectivity index (χ0n) is 14.6. The van der Waals surface area contributed by atoms with Gasteiger partial charge in [-0.1, -0.05) is 26.0 Å². The molecule has 0 aromatic heterocycles. The number of hydrogen-bond acceptors (Lipinski definition) is 4. The second-order valence-corrected chi connectivity index (χ2v) is 6.32. The third-order valence-electron chi connectivity index (χ3n) is 2.68. The van der Waals surface area contributed by atoms with Gasteiger partial charge in [-0.05, 0) is 40.0 Å². The smallest absolute Gasteiger partial charge is 0.408 e. The van der Waals surface area contributed by atoms with Gasteiger partial charge in [-0.15, -0.1) is 6.58 Å². The minimum atomic E-state index is -0.569. The monoisotopic (exact) mass is 311 g/mol. The van der Waals surface area contributed by atoms with Crippen molar-refractivity contribution in [3.63, 3.8) is 0 Å². The molecule has 0 aliphatic heterocycles. The molecule has 0 rings (SSSR count). The summed E-state index contributed by atoms with van der Waals surface area (Å²) in [6, 6.07) is -0.325. The highest BCUT2D eigenvalue weighted by Gasteiger charge is 2.21. The Bertz CT molecular complexity index is 419. The van der Waals surface area contributed by atoms with E-state index in [-0.39, 0.29) is 17.9 Å². The van der Waals surface area contributed by atoms with E-state index in [0.29, 0.717) is 18.6 Å². The summed E-state index contributed by atoms with van der Waals surface area (Å²) in [6.07, 6.45) is 3.23. The molecule has 126 valence electrons. The van der Waals surface area contributed by atoms with Crippen LogP contribution in [0.5, 0.6) is 0 Å². The molecule has 1 N–H and O–H groups in total. The van der Waals surface area contributed by atoms with Crippen LogP contribution in [0.3, 0.4) is 0 Å². The highest BCUT2D eigenvalue weighted by Crippen LogP contribution is 2.13. The molecule has 0 heterocycles. The topological polar surface area (TPSA) is 64.6 Å². The lowest BCUT2D eigenvalue weighted by molar-refractivity contribution is -0.138. The zero-order chi connectivity index (χ0) is 17.3. The first kappa shape index (κ1) is 20.2. The first-order chi connectivity index (χ1) is 10.1. The Kier molecular flexibility index (Phi) is 8.53.